The van der Waals surface area contributed by atoms with Gasteiger partial charge in [-0.1, -0.05) is 73.7 Å². The monoisotopic (exact) mass is 523 g/mol. The van der Waals surface area contributed by atoms with Crippen molar-refractivity contribution in [3.05, 3.63) is 83.4 Å². The number of hydrogen-bond acceptors (Lipinski definition) is 5. The summed E-state index contributed by atoms with van der Waals surface area (Å²) in [6, 6.07) is 17.4. The van der Waals surface area contributed by atoms with E-state index in [-0.39, 0.29) is 17.8 Å². The third-order valence-electron chi connectivity index (χ3n) is 8.36. The number of carbonyl (C=O) groups excluding carboxylic acids is 1. The zero-order valence-electron chi connectivity index (χ0n) is 22.9. The lowest BCUT2D eigenvalue weighted by molar-refractivity contribution is 0.0525. The van der Waals surface area contributed by atoms with Crippen LogP contribution in [0.4, 0.5) is 0 Å². The number of carbonyl (C=O) groups is 1. The molecule has 2 atom stereocenters. The molecule has 2 heterocycles. The fraction of sp³-hybridized carbons (Fsp3) is 0.438. The normalized spacial score (nSPS) is 19.2. The van der Waals surface area contributed by atoms with Crippen molar-refractivity contribution < 1.29 is 9.53 Å². The third kappa shape index (κ3) is 5.54. The smallest absolute Gasteiger partial charge is 0.341 e. The summed E-state index contributed by atoms with van der Waals surface area (Å²) in [6.45, 7) is 2.16. The fourth-order valence-corrected chi connectivity index (χ4v) is 6.22. The van der Waals surface area contributed by atoms with E-state index in [1.807, 2.05) is 24.9 Å². The number of hydrogen-bond donors (Lipinski definition) is 0. The van der Waals surface area contributed by atoms with Gasteiger partial charge in [0.05, 0.1) is 29.9 Å². The van der Waals surface area contributed by atoms with Gasteiger partial charge in [-0.15, -0.1) is 5.10 Å². The van der Waals surface area contributed by atoms with Crippen molar-refractivity contribution in [3.63, 3.8) is 0 Å². The van der Waals surface area contributed by atoms with Crippen LogP contribution in [0.15, 0.2) is 60.9 Å². The van der Waals surface area contributed by atoms with Crippen molar-refractivity contribution in [2.45, 2.75) is 70.1 Å². The van der Waals surface area contributed by atoms with Gasteiger partial charge in [0, 0.05) is 25.1 Å². The Morgan fingerprint density at radius 3 is 2.59 bits per heavy atom. The third-order valence-corrected chi connectivity index (χ3v) is 8.36. The summed E-state index contributed by atoms with van der Waals surface area (Å²) in [6.07, 6.45) is 13.9. The Bertz CT molecular complexity index is 1450. The van der Waals surface area contributed by atoms with E-state index in [1.54, 1.807) is 10.9 Å². The molecule has 0 saturated heterocycles. The molecule has 2 aliphatic carbocycles. The highest BCUT2D eigenvalue weighted by atomic mass is 16.5. The molecule has 0 radical (unpaired) electrons. The first-order chi connectivity index (χ1) is 19.1. The summed E-state index contributed by atoms with van der Waals surface area (Å²) < 4.78 is 9.03. The molecule has 0 spiro atoms. The van der Waals surface area contributed by atoms with Crippen LogP contribution in [0, 0.1) is 5.92 Å². The van der Waals surface area contributed by atoms with Crippen molar-refractivity contribution in [1.82, 2.24) is 24.8 Å². The van der Waals surface area contributed by atoms with Gasteiger partial charge in [0.15, 0.2) is 0 Å². The van der Waals surface area contributed by atoms with Gasteiger partial charge in [-0.05, 0) is 60.9 Å². The van der Waals surface area contributed by atoms with Crippen LogP contribution in [0.2, 0.25) is 0 Å². The Morgan fingerprint density at radius 1 is 1.03 bits per heavy atom. The largest absolute Gasteiger partial charge is 0.462 e. The standard InChI is InChI=1S/C32H37N5O2/c1-3-39-32(38)29-20-33-37(31(29)28-19-27(28)30-21-36(2)35-34-30)26-14-8-13-25(18-26)24-12-7-11-23(17-24)16-15-22-9-5-4-6-10-22/h7-8,11-14,17-18,20-22,27-28H,3-6,9-10,15-16,19H2,1-2H3. The first kappa shape index (κ1) is 25.5. The van der Waals surface area contributed by atoms with E-state index in [4.69, 9.17) is 9.84 Å². The number of aromatic nitrogens is 5. The second-order valence-electron chi connectivity index (χ2n) is 11.1. The first-order valence-electron chi connectivity index (χ1n) is 14.4. The summed E-state index contributed by atoms with van der Waals surface area (Å²) >= 11 is 0. The molecule has 39 heavy (non-hydrogen) atoms. The van der Waals surface area contributed by atoms with Crippen LogP contribution in [0.25, 0.3) is 16.8 Å². The van der Waals surface area contributed by atoms with Crippen LogP contribution in [-0.4, -0.2) is 37.4 Å². The van der Waals surface area contributed by atoms with E-state index in [1.165, 1.54) is 49.7 Å². The van der Waals surface area contributed by atoms with Gasteiger partial charge >= 0.3 is 5.97 Å². The molecule has 0 N–H and O–H groups in total. The Kier molecular flexibility index (Phi) is 7.31. The Labute approximate surface area is 230 Å². The zero-order valence-corrected chi connectivity index (χ0v) is 22.9. The molecule has 2 aromatic heterocycles. The SMILES string of the molecule is CCOC(=O)c1cnn(-c2cccc(-c3cccc(CCC4CCCCC4)c3)c2)c1C1CC1c1cn(C)nn1. The van der Waals surface area contributed by atoms with Crippen LogP contribution in [-0.2, 0) is 18.2 Å². The van der Waals surface area contributed by atoms with Gasteiger partial charge in [0.1, 0.15) is 5.56 Å². The molecule has 0 aliphatic heterocycles. The van der Waals surface area contributed by atoms with Crippen molar-refractivity contribution in [2.75, 3.05) is 6.61 Å². The molecule has 2 saturated carbocycles. The highest BCUT2D eigenvalue weighted by Gasteiger charge is 2.46. The Morgan fingerprint density at radius 2 is 1.82 bits per heavy atom. The molecule has 7 nitrogen and oxygen atoms in total. The lowest BCUT2D eigenvalue weighted by Crippen LogP contribution is -2.09. The van der Waals surface area contributed by atoms with E-state index < -0.39 is 0 Å². The zero-order chi connectivity index (χ0) is 26.8. The summed E-state index contributed by atoms with van der Waals surface area (Å²) in [5.74, 6) is 0.901. The van der Waals surface area contributed by atoms with E-state index in [9.17, 15) is 4.79 Å². The van der Waals surface area contributed by atoms with Crippen molar-refractivity contribution in [2.24, 2.45) is 13.0 Å². The highest BCUT2D eigenvalue weighted by Crippen LogP contribution is 2.55. The number of aryl methyl sites for hydroxylation is 2. The number of benzene rings is 2. The molecule has 4 aromatic rings. The lowest BCUT2D eigenvalue weighted by atomic mass is 9.85. The molecule has 2 unspecified atom stereocenters. The summed E-state index contributed by atoms with van der Waals surface area (Å²) in [4.78, 5) is 12.9. The number of nitrogens with zero attached hydrogens (tertiary/aromatic N) is 5. The molecule has 7 heteroatoms. The highest BCUT2D eigenvalue weighted by molar-refractivity contribution is 5.91. The Hall–Kier alpha value is -3.74. The molecular formula is C32H37N5O2. The van der Waals surface area contributed by atoms with Crippen LogP contribution in [0.5, 0.6) is 0 Å². The van der Waals surface area contributed by atoms with Crippen LogP contribution < -0.4 is 0 Å². The van der Waals surface area contributed by atoms with Gasteiger partial charge in [0.25, 0.3) is 0 Å². The van der Waals surface area contributed by atoms with Crippen LogP contribution >= 0.6 is 0 Å². The molecule has 0 amide bonds. The topological polar surface area (TPSA) is 74.8 Å². The maximum Gasteiger partial charge on any atom is 0.341 e. The molecular weight excluding hydrogens is 486 g/mol. The van der Waals surface area contributed by atoms with Gasteiger partial charge < -0.3 is 4.74 Å². The fourth-order valence-electron chi connectivity index (χ4n) is 6.22. The number of ether oxygens (including phenoxy) is 1. The lowest BCUT2D eigenvalue weighted by Gasteiger charge is -2.21. The van der Waals surface area contributed by atoms with Gasteiger partial charge in [0.2, 0.25) is 0 Å². The molecule has 202 valence electrons. The minimum atomic E-state index is -0.328. The average Bonchev–Trinajstić information content (AvgIpc) is 3.42. The summed E-state index contributed by atoms with van der Waals surface area (Å²) in [5.41, 5.74) is 7.07. The van der Waals surface area contributed by atoms with Gasteiger partial charge in [-0.2, -0.15) is 5.10 Å². The molecule has 6 rings (SSSR count). The predicted octanol–water partition coefficient (Wildman–Crippen LogP) is 6.63. The molecule has 2 aliphatic rings. The average molecular weight is 524 g/mol. The maximum absolute atomic E-state index is 12.9. The summed E-state index contributed by atoms with van der Waals surface area (Å²) in [7, 11) is 1.87. The van der Waals surface area contributed by atoms with Crippen molar-refractivity contribution in [3.8, 4) is 16.8 Å². The van der Waals surface area contributed by atoms with Crippen LogP contribution in [0.1, 0.15) is 91.0 Å². The van der Waals surface area contributed by atoms with E-state index in [0.29, 0.717) is 12.2 Å². The van der Waals surface area contributed by atoms with Crippen molar-refractivity contribution >= 4 is 5.97 Å². The van der Waals surface area contributed by atoms with Crippen LogP contribution in [0.3, 0.4) is 0 Å². The van der Waals surface area contributed by atoms with Gasteiger partial charge in [-0.25, -0.2) is 9.48 Å². The molecule has 2 fully saturated rings. The van der Waals surface area contributed by atoms with E-state index >= 15 is 0 Å². The second kappa shape index (κ2) is 11.2. The Balaban J connectivity index is 1.28. The second-order valence-corrected chi connectivity index (χ2v) is 11.1. The summed E-state index contributed by atoms with van der Waals surface area (Å²) in [5, 5.41) is 13.1. The quantitative estimate of drug-likeness (QED) is 0.230. The molecule has 2 aromatic carbocycles. The maximum atomic E-state index is 12.9. The minimum Gasteiger partial charge on any atom is -0.462 e. The number of rotatable bonds is 9. The predicted molar refractivity (Wildman–Crippen MR) is 151 cm³/mol. The van der Waals surface area contributed by atoms with Gasteiger partial charge in [-0.3, -0.25) is 4.68 Å². The van der Waals surface area contributed by atoms with E-state index in [2.05, 4.69) is 58.8 Å². The first-order valence-corrected chi connectivity index (χ1v) is 14.4. The number of esters is 1. The molecule has 0 bridgehead atoms. The van der Waals surface area contributed by atoms with Crippen molar-refractivity contribution in [1.29, 1.82) is 0 Å². The van der Waals surface area contributed by atoms with E-state index in [0.717, 1.165) is 41.4 Å². The minimum absolute atomic E-state index is 0.135.